The van der Waals surface area contributed by atoms with Crippen LogP contribution in [-0.2, 0) is 7.05 Å². The Morgan fingerprint density at radius 2 is 1.86 bits per heavy atom. The first-order chi connectivity index (χ1) is 13.6. The molecule has 0 saturated heterocycles. The molecule has 0 saturated carbocycles. The number of hydrogen-bond acceptors (Lipinski definition) is 3. The Balaban J connectivity index is 1.78. The van der Waals surface area contributed by atoms with Crippen molar-refractivity contribution in [2.45, 2.75) is 13.0 Å². The van der Waals surface area contributed by atoms with Gasteiger partial charge in [0.2, 0.25) is 0 Å². The van der Waals surface area contributed by atoms with E-state index in [4.69, 9.17) is 5.73 Å². The van der Waals surface area contributed by atoms with E-state index in [-0.39, 0.29) is 6.04 Å². The van der Waals surface area contributed by atoms with E-state index in [1.54, 1.807) is 23.5 Å². The van der Waals surface area contributed by atoms with Gasteiger partial charge in [0.25, 0.3) is 0 Å². The monoisotopic (exact) mass is 371 g/mol. The first-order valence-electron chi connectivity index (χ1n) is 9.05. The highest BCUT2D eigenvalue weighted by atomic mass is 16.2. The summed E-state index contributed by atoms with van der Waals surface area (Å²) in [5.74, 6) is 0. The molecular formula is C22H21N5O. The van der Waals surface area contributed by atoms with Gasteiger partial charge in [-0.2, -0.15) is 0 Å². The van der Waals surface area contributed by atoms with Crippen LogP contribution in [0.2, 0.25) is 0 Å². The third kappa shape index (κ3) is 3.09. The summed E-state index contributed by atoms with van der Waals surface area (Å²) in [4.78, 5) is 22.4. The number of primary amides is 1. The predicted octanol–water partition coefficient (Wildman–Crippen LogP) is 4.28. The molecule has 1 unspecified atom stereocenters. The van der Waals surface area contributed by atoms with E-state index in [2.05, 4.69) is 20.6 Å². The van der Waals surface area contributed by atoms with E-state index in [0.29, 0.717) is 0 Å². The van der Waals surface area contributed by atoms with Gasteiger partial charge in [-0.15, -0.1) is 0 Å². The van der Waals surface area contributed by atoms with Crippen molar-refractivity contribution < 1.29 is 4.79 Å². The summed E-state index contributed by atoms with van der Waals surface area (Å²) < 4.78 is 2.10. The van der Waals surface area contributed by atoms with Gasteiger partial charge in [0.15, 0.2) is 0 Å². The minimum atomic E-state index is -0.496. The second-order valence-electron chi connectivity index (χ2n) is 6.71. The average molecular weight is 371 g/mol. The SMILES string of the molecule is CC(c1ccncc1)N(C(N)=O)c1ccc2c(c1)cc(-c1ccccn1)n2C. The lowest BCUT2D eigenvalue weighted by molar-refractivity contribution is 0.252. The van der Waals surface area contributed by atoms with Gasteiger partial charge in [0.05, 0.1) is 17.4 Å². The summed E-state index contributed by atoms with van der Waals surface area (Å²) in [5, 5.41) is 1.02. The van der Waals surface area contributed by atoms with Crippen LogP contribution >= 0.6 is 0 Å². The van der Waals surface area contributed by atoms with Crippen LogP contribution in [0.1, 0.15) is 18.5 Å². The fraction of sp³-hybridized carbons (Fsp3) is 0.136. The number of aromatic nitrogens is 3. The molecule has 6 nitrogen and oxygen atoms in total. The quantitative estimate of drug-likeness (QED) is 0.581. The first-order valence-corrected chi connectivity index (χ1v) is 9.05. The maximum absolute atomic E-state index is 12.3. The van der Waals surface area contributed by atoms with Gasteiger partial charge in [-0.25, -0.2) is 4.79 Å². The number of nitrogens with two attached hydrogens (primary N) is 1. The molecule has 0 aliphatic rings. The molecule has 4 rings (SSSR count). The van der Waals surface area contributed by atoms with E-state index in [0.717, 1.165) is 33.5 Å². The highest BCUT2D eigenvalue weighted by molar-refractivity contribution is 5.96. The molecule has 2 N–H and O–H groups in total. The third-order valence-electron chi connectivity index (χ3n) is 5.04. The van der Waals surface area contributed by atoms with Gasteiger partial charge in [0.1, 0.15) is 0 Å². The molecule has 4 aromatic rings. The van der Waals surface area contributed by atoms with Crippen molar-refractivity contribution in [3.63, 3.8) is 0 Å². The number of carbonyl (C=O) groups excluding carboxylic acids is 1. The highest BCUT2D eigenvalue weighted by Gasteiger charge is 2.22. The number of benzene rings is 1. The molecule has 28 heavy (non-hydrogen) atoms. The number of pyridine rings is 2. The van der Waals surface area contributed by atoms with Crippen molar-refractivity contribution in [3.05, 3.63) is 78.8 Å². The Bertz CT molecular complexity index is 1120. The number of urea groups is 1. The standard InChI is InChI=1S/C22H21N5O/c1-15(16-8-11-24-12-9-16)27(22(23)28)18-6-7-20-17(13-18)14-21(26(20)2)19-5-3-4-10-25-19/h3-15H,1-2H3,(H2,23,28). The van der Waals surface area contributed by atoms with Gasteiger partial charge in [-0.1, -0.05) is 6.07 Å². The molecule has 6 heteroatoms. The van der Waals surface area contributed by atoms with Crippen LogP contribution in [0.5, 0.6) is 0 Å². The Kier molecular flexibility index (Phi) is 4.53. The lowest BCUT2D eigenvalue weighted by Crippen LogP contribution is -2.37. The van der Waals surface area contributed by atoms with Gasteiger partial charge in [0, 0.05) is 42.2 Å². The lowest BCUT2D eigenvalue weighted by Gasteiger charge is -2.28. The fourth-order valence-electron chi connectivity index (χ4n) is 3.58. The molecule has 0 fully saturated rings. The molecule has 3 aromatic heterocycles. The maximum Gasteiger partial charge on any atom is 0.319 e. The summed E-state index contributed by atoms with van der Waals surface area (Å²) >= 11 is 0. The average Bonchev–Trinajstić information content (AvgIpc) is 3.05. The second-order valence-corrected chi connectivity index (χ2v) is 6.71. The van der Waals surface area contributed by atoms with E-state index in [1.165, 1.54) is 0 Å². The van der Waals surface area contributed by atoms with E-state index < -0.39 is 6.03 Å². The Labute approximate surface area is 163 Å². The van der Waals surface area contributed by atoms with E-state index in [9.17, 15) is 4.79 Å². The summed E-state index contributed by atoms with van der Waals surface area (Å²) in [6.45, 7) is 1.95. The lowest BCUT2D eigenvalue weighted by atomic mass is 10.1. The molecule has 140 valence electrons. The Morgan fingerprint density at radius 3 is 2.54 bits per heavy atom. The zero-order valence-corrected chi connectivity index (χ0v) is 15.8. The second kappa shape index (κ2) is 7.15. The van der Waals surface area contributed by atoms with Crippen LogP contribution in [0.15, 0.2) is 73.2 Å². The number of anilines is 1. The maximum atomic E-state index is 12.3. The molecule has 0 aliphatic carbocycles. The third-order valence-corrected chi connectivity index (χ3v) is 5.04. The van der Waals surface area contributed by atoms with Gasteiger partial charge in [-0.05, 0) is 61.0 Å². The minimum absolute atomic E-state index is 0.211. The molecule has 3 heterocycles. The fourth-order valence-corrected chi connectivity index (χ4v) is 3.58. The molecule has 0 aliphatic heterocycles. The zero-order valence-electron chi connectivity index (χ0n) is 15.8. The molecule has 0 bridgehead atoms. The van der Waals surface area contributed by atoms with E-state index in [1.807, 2.05) is 62.5 Å². The first kappa shape index (κ1) is 17.7. The van der Waals surface area contributed by atoms with Gasteiger partial charge >= 0.3 is 6.03 Å². The topological polar surface area (TPSA) is 77.0 Å². The van der Waals surface area contributed by atoms with Crippen LogP contribution in [0, 0.1) is 0 Å². The number of fused-ring (bicyclic) bond motifs is 1. The Hall–Kier alpha value is -3.67. The van der Waals surface area contributed by atoms with Crippen LogP contribution in [0.3, 0.4) is 0 Å². The van der Waals surface area contributed by atoms with E-state index >= 15 is 0 Å². The minimum Gasteiger partial charge on any atom is -0.351 e. The van der Waals surface area contributed by atoms with Crippen LogP contribution in [0.4, 0.5) is 10.5 Å². The molecule has 0 spiro atoms. The summed E-state index contributed by atoms with van der Waals surface area (Å²) in [7, 11) is 2.01. The van der Waals surface area contributed by atoms with Crippen molar-refractivity contribution >= 4 is 22.6 Å². The van der Waals surface area contributed by atoms with Crippen LogP contribution in [-0.4, -0.2) is 20.6 Å². The van der Waals surface area contributed by atoms with Crippen molar-refractivity contribution in [2.24, 2.45) is 12.8 Å². The number of hydrogen-bond donors (Lipinski definition) is 1. The summed E-state index contributed by atoms with van der Waals surface area (Å²) in [6.07, 6.45) is 5.21. The van der Waals surface area contributed by atoms with Crippen LogP contribution < -0.4 is 10.6 Å². The van der Waals surface area contributed by atoms with Crippen molar-refractivity contribution in [3.8, 4) is 11.4 Å². The zero-order chi connectivity index (χ0) is 19.7. The summed E-state index contributed by atoms with van der Waals surface area (Å²) in [5.41, 5.74) is 10.4. The number of amides is 2. The van der Waals surface area contributed by atoms with Gasteiger partial charge < -0.3 is 10.3 Å². The molecule has 1 atom stereocenters. The normalized spacial score (nSPS) is 12.1. The molecular weight excluding hydrogens is 350 g/mol. The van der Waals surface area contributed by atoms with Crippen LogP contribution in [0.25, 0.3) is 22.3 Å². The molecule has 1 aromatic carbocycles. The molecule has 0 radical (unpaired) electrons. The predicted molar refractivity (Wildman–Crippen MR) is 111 cm³/mol. The van der Waals surface area contributed by atoms with Crippen molar-refractivity contribution in [1.82, 2.24) is 14.5 Å². The number of carbonyl (C=O) groups is 1. The molecule has 2 amide bonds. The van der Waals surface area contributed by atoms with Gasteiger partial charge in [-0.3, -0.25) is 14.9 Å². The highest BCUT2D eigenvalue weighted by Crippen LogP contribution is 2.32. The number of nitrogens with zero attached hydrogens (tertiary/aromatic N) is 4. The number of aryl methyl sites for hydroxylation is 1. The Morgan fingerprint density at radius 1 is 1.07 bits per heavy atom. The largest absolute Gasteiger partial charge is 0.351 e. The smallest absolute Gasteiger partial charge is 0.319 e. The summed E-state index contributed by atoms with van der Waals surface area (Å²) in [6, 6.07) is 16.9. The van der Waals surface area contributed by atoms with Crippen molar-refractivity contribution in [1.29, 1.82) is 0 Å². The number of rotatable bonds is 4. The van der Waals surface area contributed by atoms with Crippen molar-refractivity contribution in [2.75, 3.05) is 4.90 Å².